The van der Waals surface area contributed by atoms with Gasteiger partial charge in [-0.15, -0.1) is 11.6 Å². The van der Waals surface area contributed by atoms with Gasteiger partial charge in [-0.2, -0.15) is 0 Å². The monoisotopic (exact) mass is 238 g/mol. The Hall–Kier alpha value is -1.50. The van der Waals surface area contributed by atoms with Gasteiger partial charge in [0.2, 0.25) is 0 Å². The lowest BCUT2D eigenvalue weighted by Crippen LogP contribution is -2.03. The fourth-order valence-electron chi connectivity index (χ4n) is 1.04. The van der Waals surface area contributed by atoms with Gasteiger partial charge in [0, 0.05) is 0 Å². The molecule has 0 radical (unpaired) electrons. The zero-order valence-corrected chi connectivity index (χ0v) is 7.91. The van der Waals surface area contributed by atoms with Crippen LogP contribution in [0.1, 0.15) is 17.7 Å². The maximum absolute atomic E-state index is 12.3. The SMILES string of the molecule is O=[N+]([O-])c1c(C(F)F)ncc(O)c1CCl. The van der Waals surface area contributed by atoms with E-state index >= 15 is 0 Å². The number of aromatic hydroxyl groups is 1. The molecule has 0 fully saturated rings. The normalized spacial score (nSPS) is 10.7. The lowest BCUT2D eigenvalue weighted by molar-refractivity contribution is -0.387. The van der Waals surface area contributed by atoms with Crippen molar-refractivity contribution < 1.29 is 18.8 Å². The molecular formula is C7H5ClF2N2O3. The minimum Gasteiger partial charge on any atom is -0.506 e. The van der Waals surface area contributed by atoms with Crippen molar-refractivity contribution in [3.63, 3.8) is 0 Å². The van der Waals surface area contributed by atoms with Crippen molar-refractivity contribution in [1.29, 1.82) is 0 Å². The Bertz CT molecular complexity index is 400. The van der Waals surface area contributed by atoms with Crippen LogP contribution in [-0.2, 0) is 5.88 Å². The first-order valence-electron chi connectivity index (χ1n) is 3.68. The second kappa shape index (κ2) is 4.35. The van der Waals surface area contributed by atoms with Crippen LogP contribution in [-0.4, -0.2) is 15.0 Å². The molecular weight excluding hydrogens is 234 g/mol. The summed E-state index contributed by atoms with van der Waals surface area (Å²) in [6.07, 6.45) is -2.38. The molecule has 8 heteroatoms. The van der Waals surface area contributed by atoms with Crippen LogP contribution in [0.5, 0.6) is 5.75 Å². The maximum Gasteiger partial charge on any atom is 0.304 e. The highest BCUT2D eigenvalue weighted by Crippen LogP contribution is 2.35. The van der Waals surface area contributed by atoms with E-state index in [4.69, 9.17) is 16.7 Å². The van der Waals surface area contributed by atoms with Gasteiger partial charge in [-0.25, -0.2) is 13.8 Å². The van der Waals surface area contributed by atoms with Gasteiger partial charge in [-0.3, -0.25) is 10.1 Å². The summed E-state index contributed by atoms with van der Waals surface area (Å²) in [7, 11) is 0. The molecule has 15 heavy (non-hydrogen) atoms. The van der Waals surface area contributed by atoms with Gasteiger partial charge in [0.15, 0.2) is 5.69 Å². The third-order valence-corrected chi connectivity index (χ3v) is 1.95. The summed E-state index contributed by atoms with van der Waals surface area (Å²) in [5.41, 5.74) is -2.28. The lowest BCUT2D eigenvalue weighted by Gasteiger charge is -2.05. The van der Waals surface area contributed by atoms with Gasteiger partial charge in [0.05, 0.1) is 22.6 Å². The molecule has 0 spiro atoms. The van der Waals surface area contributed by atoms with E-state index in [0.717, 1.165) is 0 Å². The first-order chi connectivity index (χ1) is 6.99. The molecule has 5 nitrogen and oxygen atoms in total. The third kappa shape index (κ3) is 2.12. The van der Waals surface area contributed by atoms with E-state index in [1.165, 1.54) is 0 Å². The van der Waals surface area contributed by atoms with E-state index in [-0.39, 0.29) is 5.56 Å². The highest BCUT2D eigenvalue weighted by molar-refractivity contribution is 6.17. The second-order valence-electron chi connectivity index (χ2n) is 2.55. The number of hydrogen-bond acceptors (Lipinski definition) is 4. The number of nitrogens with zero attached hydrogens (tertiary/aromatic N) is 2. The summed E-state index contributed by atoms with van der Waals surface area (Å²) in [6.45, 7) is 0. The predicted octanol–water partition coefficient (Wildman–Crippen LogP) is 2.37. The van der Waals surface area contributed by atoms with Crippen molar-refractivity contribution in [2.24, 2.45) is 0 Å². The van der Waals surface area contributed by atoms with Crippen molar-refractivity contribution in [1.82, 2.24) is 4.98 Å². The third-order valence-electron chi connectivity index (χ3n) is 1.69. The van der Waals surface area contributed by atoms with Crippen LogP contribution in [0.4, 0.5) is 14.5 Å². The van der Waals surface area contributed by atoms with E-state index in [2.05, 4.69) is 4.98 Å². The van der Waals surface area contributed by atoms with Crippen molar-refractivity contribution in [3.8, 4) is 5.75 Å². The summed E-state index contributed by atoms with van der Waals surface area (Å²) >= 11 is 5.32. The number of aromatic nitrogens is 1. The summed E-state index contributed by atoms with van der Waals surface area (Å²) in [4.78, 5) is 12.6. The average molecular weight is 239 g/mol. The first-order valence-corrected chi connectivity index (χ1v) is 4.21. The van der Waals surface area contributed by atoms with Gasteiger partial charge >= 0.3 is 5.69 Å². The van der Waals surface area contributed by atoms with Crippen LogP contribution < -0.4 is 0 Å². The Labute approximate surface area is 87.5 Å². The van der Waals surface area contributed by atoms with Gasteiger partial charge in [0.1, 0.15) is 5.75 Å². The van der Waals surface area contributed by atoms with Crippen LogP contribution in [0.25, 0.3) is 0 Å². The fourth-order valence-corrected chi connectivity index (χ4v) is 1.30. The molecule has 1 rings (SSSR count). The average Bonchev–Trinajstić information content (AvgIpc) is 2.16. The van der Waals surface area contributed by atoms with E-state index < -0.39 is 34.4 Å². The number of hydrogen-bond donors (Lipinski definition) is 1. The Morgan fingerprint density at radius 3 is 2.67 bits per heavy atom. The lowest BCUT2D eigenvalue weighted by atomic mass is 10.2. The van der Waals surface area contributed by atoms with Crippen molar-refractivity contribution in [2.45, 2.75) is 12.3 Å². The summed E-state index contributed by atoms with van der Waals surface area (Å²) in [6, 6.07) is 0. The number of rotatable bonds is 3. The zero-order valence-electron chi connectivity index (χ0n) is 7.15. The quantitative estimate of drug-likeness (QED) is 0.498. The van der Waals surface area contributed by atoms with Gasteiger partial charge < -0.3 is 5.11 Å². The number of alkyl halides is 3. The molecule has 0 aliphatic heterocycles. The van der Waals surface area contributed by atoms with E-state index in [0.29, 0.717) is 6.20 Å². The molecule has 0 saturated heterocycles. The summed E-state index contributed by atoms with van der Waals surface area (Å²) in [5.74, 6) is -1.01. The van der Waals surface area contributed by atoms with Crippen LogP contribution in [0, 0.1) is 10.1 Å². The molecule has 1 aromatic heterocycles. The zero-order chi connectivity index (χ0) is 11.6. The molecule has 0 bridgehead atoms. The summed E-state index contributed by atoms with van der Waals surface area (Å²) in [5, 5.41) is 19.7. The van der Waals surface area contributed by atoms with Crippen LogP contribution >= 0.6 is 11.6 Å². The smallest absolute Gasteiger partial charge is 0.304 e. The maximum atomic E-state index is 12.3. The number of halogens is 3. The molecule has 0 amide bonds. The van der Waals surface area contributed by atoms with Crippen molar-refractivity contribution in [2.75, 3.05) is 0 Å². The molecule has 0 atom stereocenters. The summed E-state index contributed by atoms with van der Waals surface area (Å²) < 4.78 is 24.7. The van der Waals surface area contributed by atoms with Crippen LogP contribution in [0.15, 0.2) is 6.20 Å². The van der Waals surface area contributed by atoms with Crippen molar-refractivity contribution >= 4 is 17.3 Å². The topological polar surface area (TPSA) is 76.3 Å². The van der Waals surface area contributed by atoms with E-state index in [1.54, 1.807) is 0 Å². The molecule has 82 valence electrons. The predicted molar refractivity (Wildman–Crippen MR) is 47.1 cm³/mol. The Morgan fingerprint density at radius 1 is 1.67 bits per heavy atom. The number of pyridine rings is 1. The highest BCUT2D eigenvalue weighted by Gasteiger charge is 2.29. The minimum absolute atomic E-state index is 0.355. The molecule has 0 saturated carbocycles. The Kier molecular flexibility index (Phi) is 3.35. The molecule has 0 unspecified atom stereocenters. The van der Waals surface area contributed by atoms with Gasteiger partial charge in [0.25, 0.3) is 6.43 Å². The van der Waals surface area contributed by atoms with Crippen LogP contribution in [0.3, 0.4) is 0 Å². The molecule has 0 aromatic carbocycles. The highest BCUT2D eigenvalue weighted by atomic mass is 35.5. The standard InChI is InChI=1S/C7H5ClF2N2O3/c8-1-3-4(13)2-11-5(7(9)10)6(3)12(14)15/h2,7,13H,1H2. The molecule has 1 heterocycles. The molecule has 1 aromatic rings. The Balaban J connectivity index is 3.49. The second-order valence-corrected chi connectivity index (χ2v) is 2.81. The van der Waals surface area contributed by atoms with E-state index in [9.17, 15) is 18.9 Å². The first kappa shape index (κ1) is 11.6. The largest absolute Gasteiger partial charge is 0.506 e. The number of nitro groups is 1. The van der Waals surface area contributed by atoms with E-state index in [1.807, 2.05) is 0 Å². The molecule has 0 aliphatic rings. The minimum atomic E-state index is -3.09. The van der Waals surface area contributed by atoms with Gasteiger partial charge in [-0.1, -0.05) is 0 Å². The molecule has 1 N–H and O–H groups in total. The van der Waals surface area contributed by atoms with Crippen molar-refractivity contribution in [3.05, 3.63) is 27.6 Å². The molecule has 0 aliphatic carbocycles. The fraction of sp³-hybridized carbons (Fsp3) is 0.286. The van der Waals surface area contributed by atoms with Crippen LogP contribution in [0.2, 0.25) is 0 Å². The van der Waals surface area contributed by atoms with Gasteiger partial charge in [-0.05, 0) is 0 Å². The Morgan fingerprint density at radius 2 is 2.27 bits per heavy atom.